The van der Waals surface area contributed by atoms with Crippen molar-refractivity contribution in [3.05, 3.63) is 46.0 Å². The number of imide groups is 1. The third-order valence-corrected chi connectivity index (χ3v) is 5.17. The van der Waals surface area contributed by atoms with Crippen LogP contribution in [0.4, 0.5) is 4.79 Å². The number of carbonyl (C=O) groups is 3. The Labute approximate surface area is 174 Å². The summed E-state index contributed by atoms with van der Waals surface area (Å²) in [4.78, 5) is 54.6. The number of aromatic nitrogens is 2. The van der Waals surface area contributed by atoms with Gasteiger partial charge in [-0.1, -0.05) is 19.9 Å². The summed E-state index contributed by atoms with van der Waals surface area (Å²) >= 11 is 0. The van der Waals surface area contributed by atoms with Gasteiger partial charge >= 0.3 is 12.0 Å². The molecule has 1 fully saturated rings. The zero-order valence-electron chi connectivity index (χ0n) is 17.6. The monoisotopic (exact) mass is 414 g/mol. The van der Waals surface area contributed by atoms with E-state index in [1.165, 1.54) is 10.5 Å². The molecule has 3 rings (SSSR count). The van der Waals surface area contributed by atoms with E-state index in [9.17, 15) is 19.2 Å². The molecule has 3 heterocycles. The Morgan fingerprint density at radius 2 is 2.03 bits per heavy atom. The molecule has 0 radical (unpaired) electrons. The van der Waals surface area contributed by atoms with Gasteiger partial charge in [-0.15, -0.1) is 0 Å². The van der Waals surface area contributed by atoms with Crippen LogP contribution in [0.3, 0.4) is 0 Å². The van der Waals surface area contributed by atoms with E-state index >= 15 is 0 Å². The number of amides is 3. The molecule has 1 aliphatic heterocycles. The first kappa shape index (κ1) is 21.5. The fourth-order valence-corrected chi connectivity index (χ4v) is 3.35. The molecule has 0 bridgehead atoms. The minimum Gasteiger partial charge on any atom is -0.458 e. The Morgan fingerprint density at radius 3 is 2.73 bits per heavy atom. The molecule has 0 unspecified atom stereocenters. The number of hydrogen-bond donors (Lipinski definition) is 1. The van der Waals surface area contributed by atoms with Crippen LogP contribution in [-0.4, -0.2) is 44.3 Å². The Morgan fingerprint density at radius 1 is 1.30 bits per heavy atom. The zero-order valence-corrected chi connectivity index (χ0v) is 17.6. The number of nitrogens with zero attached hydrogens (tertiary/aromatic N) is 3. The Bertz CT molecular complexity index is 1060. The minimum atomic E-state index is -1.02. The minimum absolute atomic E-state index is 0.229. The first-order chi connectivity index (χ1) is 14.1. The summed E-state index contributed by atoms with van der Waals surface area (Å²) in [5, 5.41) is 2.67. The molecule has 2 aromatic rings. The number of pyridine rings is 1. The third kappa shape index (κ3) is 4.34. The van der Waals surface area contributed by atoms with E-state index in [0.717, 1.165) is 16.9 Å². The van der Waals surface area contributed by atoms with E-state index in [0.29, 0.717) is 23.7 Å². The number of aryl methyl sites for hydroxylation is 1. The lowest BCUT2D eigenvalue weighted by Gasteiger charge is -2.22. The van der Waals surface area contributed by atoms with E-state index < -0.39 is 30.0 Å². The molecule has 2 aromatic heterocycles. The second kappa shape index (κ2) is 8.25. The van der Waals surface area contributed by atoms with Gasteiger partial charge in [-0.2, -0.15) is 0 Å². The van der Waals surface area contributed by atoms with Crippen molar-refractivity contribution in [1.29, 1.82) is 0 Å². The van der Waals surface area contributed by atoms with Crippen molar-refractivity contribution in [2.24, 2.45) is 5.92 Å². The van der Waals surface area contributed by atoms with Gasteiger partial charge in [-0.05, 0) is 44.2 Å². The number of fused-ring (bicyclic) bond motifs is 1. The molecule has 1 aliphatic rings. The molecule has 9 heteroatoms. The largest absolute Gasteiger partial charge is 0.458 e. The Balaban J connectivity index is 1.64. The van der Waals surface area contributed by atoms with E-state index in [1.807, 2.05) is 26.8 Å². The third-order valence-electron chi connectivity index (χ3n) is 5.17. The lowest BCUT2D eigenvalue weighted by atomic mass is 9.92. The van der Waals surface area contributed by atoms with E-state index in [2.05, 4.69) is 10.3 Å². The molecule has 160 valence electrons. The van der Waals surface area contributed by atoms with Crippen LogP contribution < -0.4 is 10.9 Å². The SMILES string of the molecule is Cc1cccn2c(=O)cc(COC(=O)CN3C(=O)N[C@@](C)(CCC(C)C)C3=O)nc12. The van der Waals surface area contributed by atoms with Crippen molar-refractivity contribution in [3.63, 3.8) is 0 Å². The highest BCUT2D eigenvalue weighted by Gasteiger charge is 2.48. The Kier molecular flexibility index (Phi) is 5.91. The smallest absolute Gasteiger partial charge is 0.326 e. The normalized spacial score (nSPS) is 18.9. The van der Waals surface area contributed by atoms with Gasteiger partial charge in [0.15, 0.2) is 0 Å². The van der Waals surface area contributed by atoms with Crippen molar-refractivity contribution in [2.75, 3.05) is 6.54 Å². The predicted octanol–water partition coefficient (Wildman–Crippen LogP) is 1.79. The summed E-state index contributed by atoms with van der Waals surface area (Å²) in [6.07, 6.45) is 2.87. The van der Waals surface area contributed by atoms with Gasteiger partial charge < -0.3 is 10.1 Å². The van der Waals surface area contributed by atoms with Gasteiger partial charge in [-0.3, -0.25) is 23.7 Å². The number of hydrogen-bond acceptors (Lipinski definition) is 6. The molecule has 1 atom stereocenters. The number of nitrogens with one attached hydrogen (secondary N) is 1. The number of esters is 1. The summed E-state index contributed by atoms with van der Waals surface area (Å²) in [6.45, 7) is 6.84. The van der Waals surface area contributed by atoms with E-state index in [-0.39, 0.29) is 12.2 Å². The second-order valence-corrected chi connectivity index (χ2v) is 8.22. The molecule has 30 heavy (non-hydrogen) atoms. The number of urea groups is 1. The summed E-state index contributed by atoms with van der Waals surface area (Å²) in [7, 11) is 0. The molecule has 1 N–H and O–H groups in total. The summed E-state index contributed by atoms with van der Waals surface area (Å²) < 4.78 is 6.58. The zero-order chi connectivity index (χ0) is 22.1. The van der Waals surface area contributed by atoms with Crippen molar-refractivity contribution in [3.8, 4) is 0 Å². The lowest BCUT2D eigenvalue weighted by Crippen LogP contribution is -2.44. The van der Waals surface area contributed by atoms with Gasteiger partial charge in [0.05, 0.1) is 5.69 Å². The lowest BCUT2D eigenvalue weighted by molar-refractivity contribution is -0.148. The second-order valence-electron chi connectivity index (χ2n) is 8.22. The van der Waals surface area contributed by atoms with Crippen LogP contribution in [0.1, 0.15) is 44.9 Å². The topological polar surface area (TPSA) is 110 Å². The fraction of sp³-hybridized carbons (Fsp3) is 0.476. The first-order valence-electron chi connectivity index (χ1n) is 9.88. The van der Waals surface area contributed by atoms with Crippen LogP contribution in [-0.2, 0) is 20.9 Å². The summed E-state index contributed by atoms with van der Waals surface area (Å²) in [5.41, 5.74) is 0.272. The number of ether oxygens (including phenoxy) is 1. The molecular formula is C21H26N4O5. The summed E-state index contributed by atoms with van der Waals surface area (Å²) in [5.74, 6) is -0.811. The van der Waals surface area contributed by atoms with Crippen LogP contribution in [0, 0.1) is 12.8 Å². The van der Waals surface area contributed by atoms with Crippen LogP contribution in [0.2, 0.25) is 0 Å². The molecule has 0 aliphatic carbocycles. The highest BCUT2D eigenvalue weighted by Crippen LogP contribution is 2.24. The molecule has 3 amide bonds. The van der Waals surface area contributed by atoms with Gasteiger partial charge in [-0.25, -0.2) is 9.78 Å². The fourth-order valence-electron chi connectivity index (χ4n) is 3.35. The maximum absolute atomic E-state index is 12.7. The van der Waals surface area contributed by atoms with Gasteiger partial charge in [0, 0.05) is 12.3 Å². The van der Waals surface area contributed by atoms with Crippen LogP contribution in [0.5, 0.6) is 0 Å². The molecule has 1 saturated heterocycles. The quantitative estimate of drug-likeness (QED) is 0.546. The van der Waals surface area contributed by atoms with Crippen LogP contribution in [0.15, 0.2) is 29.2 Å². The average molecular weight is 414 g/mol. The first-order valence-corrected chi connectivity index (χ1v) is 9.88. The van der Waals surface area contributed by atoms with E-state index in [1.54, 1.807) is 19.2 Å². The molecule has 9 nitrogen and oxygen atoms in total. The van der Waals surface area contributed by atoms with Crippen molar-refractivity contribution < 1.29 is 19.1 Å². The number of rotatable bonds is 7. The van der Waals surface area contributed by atoms with E-state index in [4.69, 9.17) is 4.74 Å². The van der Waals surface area contributed by atoms with Gasteiger partial charge in [0.2, 0.25) is 0 Å². The van der Waals surface area contributed by atoms with Crippen LogP contribution >= 0.6 is 0 Å². The van der Waals surface area contributed by atoms with Crippen molar-refractivity contribution >= 4 is 23.6 Å². The predicted molar refractivity (Wildman–Crippen MR) is 109 cm³/mol. The standard InChI is InChI=1S/C21H26N4O5/c1-13(2)7-8-21(4)19(28)25(20(29)23-21)11-17(27)30-12-15-10-16(26)24-9-5-6-14(3)18(24)22-15/h5-6,9-10,13H,7-8,11-12H2,1-4H3,(H,23,29)/t21-/m0/s1. The molecule has 0 aromatic carbocycles. The molecular weight excluding hydrogens is 388 g/mol. The maximum Gasteiger partial charge on any atom is 0.326 e. The summed E-state index contributed by atoms with van der Waals surface area (Å²) in [6, 6.07) is 4.25. The van der Waals surface area contributed by atoms with Gasteiger partial charge in [0.1, 0.15) is 24.3 Å². The van der Waals surface area contributed by atoms with Crippen molar-refractivity contribution in [2.45, 2.75) is 52.7 Å². The van der Waals surface area contributed by atoms with Crippen molar-refractivity contribution in [1.82, 2.24) is 19.6 Å². The number of carbonyl (C=O) groups excluding carboxylic acids is 3. The molecule has 0 saturated carbocycles. The Hall–Kier alpha value is -3.23. The highest BCUT2D eigenvalue weighted by atomic mass is 16.5. The average Bonchev–Trinajstić information content (AvgIpc) is 2.89. The molecule has 0 spiro atoms. The van der Waals surface area contributed by atoms with Crippen LogP contribution in [0.25, 0.3) is 5.65 Å². The highest BCUT2D eigenvalue weighted by molar-refractivity contribution is 6.08. The van der Waals surface area contributed by atoms with Gasteiger partial charge in [0.25, 0.3) is 11.5 Å². The maximum atomic E-state index is 12.7.